The number of carboxylic acid groups (broad SMARTS) is 1. The molecule has 0 aliphatic heterocycles. The molecule has 0 aliphatic carbocycles. The van der Waals surface area contributed by atoms with Crippen molar-refractivity contribution in [2.75, 3.05) is 11.1 Å². The Balaban J connectivity index is 2.00. The van der Waals surface area contributed by atoms with Crippen molar-refractivity contribution >= 4 is 29.3 Å². The van der Waals surface area contributed by atoms with E-state index >= 15 is 0 Å². The fourth-order valence-corrected chi connectivity index (χ4v) is 2.98. The van der Waals surface area contributed by atoms with Crippen molar-refractivity contribution in [3.63, 3.8) is 0 Å². The summed E-state index contributed by atoms with van der Waals surface area (Å²) in [7, 11) is 0. The molecule has 0 heterocycles. The lowest BCUT2D eigenvalue weighted by atomic mass is 10.2. The molecule has 0 spiro atoms. The lowest BCUT2D eigenvalue weighted by Crippen LogP contribution is -2.15. The normalized spacial score (nSPS) is 10.5. The number of benzene rings is 2. The number of carboxylic acids is 1. The van der Waals surface area contributed by atoms with E-state index < -0.39 is 5.97 Å². The minimum atomic E-state index is -1.05. The molecular formula is C19H21NO4S. The monoisotopic (exact) mass is 359 g/mol. The molecule has 1 amide bonds. The molecule has 2 aromatic carbocycles. The van der Waals surface area contributed by atoms with Crippen LogP contribution in [0.1, 0.15) is 30.6 Å². The molecule has 25 heavy (non-hydrogen) atoms. The standard InChI is InChI=1S/C19H21NO4S/c1-13(2)24-17-9-8-14(19(22)23)12-16(17)20-18(21)10-11-25-15-6-4-3-5-7-15/h3-9,12-13H,10-11H2,1-2H3,(H,20,21)(H,22,23). The fourth-order valence-electron chi connectivity index (χ4n) is 2.11. The van der Waals surface area contributed by atoms with Gasteiger partial charge in [0.2, 0.25) is 5.91 Å². The Hall–Kier alpha value is -2.47. The molecule has 0 aliphatic rings. The molecule has 0 bridgehead atoms. The predicted molar refractivity (Wildman–Crippen MR) is 99.6 cm³/mol. The van der Waals surface area contributed by atoms with Gasteiger partial charge >= 0.3 is 5.97 Å². The number of ether oxygens (including phenoxy) is 1. The van der Waals surface area contributed by atoms with Crippen molar-refractivity contribution in [2.45, 2.75) is 31.3 Å². The summed E-state index contributed by atoms with van der Waals surface area (Å²) in [6.07, 6.45) is 0.234. The number of hydrogen-bond donors (Lipinski definition) is 2. The predicted octanol–water partition coefficient (Wildman–Crippen LogP) is 4.29. The lowest BCUT2D eigenvalue weighted by Gasteiger charge is -2.15. The zero-order chi connectivity index (χ0) is 18.2. The van der Waals surface area contributed by atoms with Gasteiger partial charge in [-0.3, -0.25) is 4.79 Å². The number of aromatic carboxylic acids is 1. The molecule has 0 aromatic heterocycles. The highest BCUT2D eigenvalue weighted by molar-refractivity contribution is 7.99. The fraction of sp³-hybridized carbons (Fsp3) is 0.263. The van der Waals surface area contributed by atoms with E-state index in [4.69, 9.17) is 9.84 Å². The van der Waals surface area contributed by atoms with Gasteiger partial charge in [-0.15, -0.1) is 11.8 Å². The number of rotatable bonds is 8. The summed E-state index contributed by atoms with van der Waals surface area (Å²) >= 11 is 1.60. The Morgan fingerprint density at radius 2 is 1.88 bits per heavy atom. The summed E-state index contributed by atoms with van der Waals surface area (Å²) in [5.41, 5.74) is 0.480. The molecule has 2 N–H and O–H groups in total. The zero-order valence-corrected chi connectivity index (χ0v) is 15.0. The van der Waals surface area contributed by atoms with Crippen molar-refractivity contribution in [2.24, 2.45) is 0 Å². The summed E-state index contributed by atoms with van der Waals surface area (Å²) in [6, 6.07) is 14.3. The van der Waals surface area contributed by atoms with E-state index in [1.54, 1.807) is 17.8 Å². The maximum Gasteiger partial charge on any atom is 0.335 e. The quantitative estimate of drug-likeness (QED) is 0.688. The first-order valence-electron chi connectivity index (χ1n) is 7.97. The lowest BCUT2D eigenvalue weighted by molar-refractivity contribution is -0.115. The van der Waals surface area contributed by atoms with Crippen LogP contribution in [-0.4, -0.2) is 28.8 Å². The van der Waals surface area contributed by atoms with Gasteiger partial charge < -0.3 is 15.2 Å². The van der Waals surface area contributed by atoms with E-state index in [9.17, 15) is 9.59 Å². The van der Waals surface area contributed by atoms with Gasteiger partial charge in [0.15, 0.2) is 0 Å². The third-order valence-electron chi connectivity index (χ3n) is 3.20. The maximum absolute atomic E-state index is 12.2. The van der Waals surface area contributed by atoms with Crippen LogP contribution in [0.5, 0.6) is 5.75 Å². The van der Waals surface area contributed by atoms with Crippen LogP contribution in [0.25, 0.3) is 0 Å². The Kier molecular flexibility index (Phi) is 6.89. The van der Waals surface area contributed by atoms with E-state index in [0.29, 0.717) is 23.6 Å². The summed E-state index contributed by atoms with van der Waals surface area (Å²) in [5.74, 6) is -0.135. The Bertz CT molecular complexity index is 731. The molecule has 0 radical (unpaired) electrons. The van der Waals surface area contributed by atoms with E-state index in [2.05, 4.69) is 5.32 Å². The minimum absolute atomic E-state index is 0.0834. The molecule has 0 fully saturated rings. The van der Waals surface area contributed by atoms with E-state index in [1.165, 1.54) is 12.1 Å². The molecule has 6 heteroatoms. The average molecular weight is 359 g/mol. The van der Waals surface area contributed by atoms with Gasteiger partial charge in [0.25, 0.3) is 0 Å². The molecule has 132 valence electrons. The molecule has 2 aromatic rings. The van der Waals surface area contributed by atoms with Crippen LogP contribution in [0.15, 0.2) is 53.4 Å². The van der Waals surface area contributed by atoms with Crippen molar-refractivity contribution < 1.29 is 19.4 Å². The molecular weight excluding hydrogens is 338 g/mol. The summed E-state index contributed by atoms with van der Waals surface area (Å²) in [5, 5.41) is 11.9. The third kappa shape index (κ3) is 6.15. The second-order valence-corrected chi connectivity index (χ2v) is 6.81. The molecule has 0 saturated carbocycles. The molecule has 0 saturated heterocycles. The van der Waals surface area contributed by atoms with E-state index in [-0.39, 0.29) is 17.6 Å². The highest BCUT2D eigenvalue weighted by Crippen LogP contribution is 2.27. The van der Waals surface area contributed by atoms with Crippen LogP contribution in [0, 0.1) is 0 Å². The van der Waals surface area contributed by atoms with E-state index in [1.807, 2.05) is 44.2 Å². The second kappa shape index (κ2) is 9.13. The Labute approximate surface area is 151 Å². The first-order chi connectivity index (χ1) is 12.0. The van der Waals surface area contributed by atoms with Gasteiger partial charge in [-0.05, 0) is 44.2 Å². The largest absolute Gasteiger partial charge is 0.489 e. The second-order valence-electron chi connectivity index (χ2n) is 5.64. The number of anilines is 1. The summed E-state index contributed by atoms with van der Waals surface area (Å²) in [4.78, 5) is 24.4. The van der Waals surface area contributed by atoms with Gasteiger partial charge in [-0.25, -0.2) is 4.79 Å². The van der Waals surface area contributed by atoms with Crippen LogP contribution < -0.4 is 10.1 Å². The number of carbonyl (C=O) groups excluding carboxylic acids is 1. The van der Waals surface area contributed by atoms with Crippen LogP contribution in [-0.2, 0) is 4.79 Å². The highest BCUT2D eigenvalue weighted by Gasteiger charge is 2.13. The maximum atomic E-state index is 12.2. The summed E-state index contributed by atoms with van der Waals surface area (Å²) in [6.45, 7) is 3.74. The van der Waals surface area contributed by atoms with Crippen LogP contribution in [0.3, 0.4) is 0 Å². The van der Waals surface area contributed by atoms with Gasteiger partial charge in [-0.1, -0.05) is 18.2 Å². The average Bonchev–Trinajstić information content (AvgIpc) is 2.57. The SMILES string of the molecule is CC(C)Oc1ccc(C(=O)O)cc1NC(=O)CCSc1ccccc1. The topological polar surface area (TPSA) is 75.6 Å². The smallest absolute Gasteiger partial charge is 0.335 e. The third-order valence-corrected chi connectivity index (χ3v) is 4.22. The Morgan fingerprint density at radius 1 is 1.16 bits per heavy atom. The molecule has 2 rings (SSSR count). The van der Waals surface area contributed by atoms with Crippen LogP contribution in [0.2, 0.25) is 0 Å². The molecule has 0 unspecified atom stereocenters. The highest BCUT2D eigenvalue weighted by atomic mass is 32.2. The number of carbonyl (C=O) groups is 2. The minimum Gasteiger partial charge on any atom is -0.489 e. The van der Waals surface area contributed by atoms with Gasteiger partial charge in [0.1, 0.15) is 5.75 Å². The van der Waals surface area contributed by atoms with Crippen molar-refractivity contribution in [3.05, 3.63) is 54.1 Å². The summed E-state index contributed by atoms with van der Waals surface area (Å²) < 4.78 is 5.64. The number of thioether (sulfide) groups is 1. The Morgan fingerprint density at radius 3 is 2.52 bits per heavy atom. The van der Waals surface area contributed by atoms with Crippen LogP contribution in [0.4, 0.5) is 5.69 Å². The van der Waals surface area contributed by atoms with Gasteiger partial charge in [0.05, 0.1) is 17.4 Å². The van der Waals surface area contributed by atoms with Crippen molar-refractivity contribution in [1.29, 1.82) is 0 Å². The number of nitrogens with one attached hydrogen (secondary N) is 1. The first-order valence-corrected chi connectivity index (χ1v) is 8.96. The molecule has 0 atom stereocenters. The zero-order valence-electron chi connectivity index (χ0n) is 14.2. The van der Waals surface area contributed by atoms with Crippen molar-refractivity contribution in [1.82, 2.24) is 0 Å². The van der Waals surface area contributed by atoms with Gasteiger partial charge in [-0.2, -0.15) is 0 Å². The number of hydrogen-bond acceptors (Lipinski definition) is 4. The first kappa shape index (κ1) is 18.9. The molecule has 5 nitrogen and oxygen atoms in total. The van der Waals surface area contributed by atoms with Gasteiger partial charge in [0, 0.05) is 17.1 Å². The van der Waals surface area contributed by atoms with Crippen LogP contribution >= 0.6 is 11.8 Å². The number of amides is 1. The van der Waals surface area contributed by atoms with Crippen molar-refractivity contribution in [3.8, 4) is 5.75 Å². The van der Waals surface area contributed by atoms with E-state index in [0.717, 1.165) is 4.90 Å².